The Morgan fingerprint density at radius 1 is 1.50 bits per heavy atom. The third-order valence-electron chi connectivity index (χ3n) is 1.71. The molecule has 16 heavy (non-hydrogen) atoms. The third-order valence-corrected chi connectivity index (χ3v) is 1.71. The van der Waals surface area contributed by atoms with Gasteiger partial charge in [-0.2, -0.15) is 18.4 Å². The maximum Gasteiger partial charge on any atom is 0.390 e. The van der Waals surface area contributed by atoms with Gasteiger partial charge in [-0.05, 0) is 6.92 Å². The maximum atomic E-state index is 11.9. The Labute approximate surface area is 91.8 Å². The third kappa shape index (κ3) is 9.27. The zero-order valence-electron chi connectivity index (χ0n) is 8.90. The Kier molecular flexibility index (Phi) is 6.49. The molecular weight excluding hydrogens is 223 g/mol. The van der Waals surface area contributed by atoms with E-state index in [0.29, 0.717) is 0 Å². The minimum absolute atomic E-state index is 0.178. The summed E-state index contributed by atoms with van der Waals surface area (Å²) in [4.78, 5) is 11.0. The van der Waals surface area contributed by atoms with E-state index >= 15 is 0 Å². The van der Waals surface area contributed by atoms with Gasteiger partial charge in [-0.15, -0.1) is 0 Å². The monoisotopic (exact) mass is 237 g/mol. The molecule has 0 aromatic heterocycles. The number of alkyl halides is 3. The molecule has 0 rings (SSSR count). The van der Waals surface area contributed by atoms with E-state index in [-0.39, 0.29) is 19.5 Å². The minimum atomic E-state index is -4.23. The average molecular weight is 237 g/mol. The molecule has 1 amide bonds. The predicted octanol–water partition coefficient (Wildman–Crippen LogP) is 0.947. The summed E-state index contributed by atoms with van der Waals surface area (Å²) in [6.45, 7) is 1.39. The molecule has 7 heteroatoms. The molecule has 4 nitrogen and oxygen atoms in total. The first kappa shape index (κ1) is 14.7. The van der Waals surface area contributed by atoms with E-state index in [0.717, 1.165) is 0 Å². The van der Waals surface area contributed by atoms with Crippen molar-refractivity contribution in [3.8, 4) is 6.07 Å². The quantitative estimate of drug-likeness (QED) is 0.676. The number of amides is 1. The van der Waals surface area contributed by atoms with Gasteiger partial charge in [-0.3, -0.25) is 4.79 Å². The highest BCUT2D eigenvalue weighted by Gasteiger charge is 2.29. The molecule has 0 fully saturated rings. The van der Waals surface area contributed by atoms with Crippen molar-refractivity contribution in [2.75, 3.05) is 13.1 Å². The molecular formula is C9H14F3N3O. The number of nitrogens with zero attached hydrogens (tertiary/aromatic N) is 1. The van der Waals surface area contributed by atoms with Gasteiger partial charge in [0.1, 0.15) is 0 Å². The van der Waals surface area contributed by atoms with E-state index in [2.05, 4.69) is 10.6 Å². The van der Waals surface area contributed by atoms with Crippen LogP contribution in [-0.4, -0.2) is 31.2 Å². The lowest BCUT2D eigenvalue weighted by molar-refractivity contribution is -0.139. The summed E-state index contributed by atoms with van der Waals surface area (Å²) in [5.74, 6) is -0.413. The van der Waals surface area contributed by atoms with Gasteiger partial charge in [-0.25, -0.2) is 0 Å². The van der Waals surface area contributed by atoms with Gasteiger partial charge in [-0.1, -0.05) is 0 Å². The van der Waals surface area contributed by atoms with Crippen molar-refractivity contribution in [2.45, 2.75) is 32.0 Å². The molecule has 0 aromatic rings. The number of carbonyl (C=O) groups is 1. The molecule has 0 heterocycles. The zero-order chi connectivity index (χ0) is 12.6. The first-order chi connectivity index (χ1) is 7.35. The highest BCUT2D eigenvalue weighted by atomic mass is 19.4. The molecule has 1 atom stereocenters. The minimum Gasteiger partial charge on any atom is -0.354 e. The van der Waals surface area contributed by atoms with E-state index in [9.17, 15) is 18.0 Å². The smallest absolute Gasteiger partial charge is 0.354 e. The van der Waals surface area contributed by atoms with Crippen molar-refractivity contribution in [1.82, 2.24) is 10.6 Å². The zero-order valence-corrected chi connectivity index (χ0v) is 8.90. The number of halogens is 3. The normalized spacial score (nSPS) is 12.9. The fourth-order valence-corrected chi connectivity index (χ4v) is 1.01. The Balaban J connectivity index is 3.64. The highest BCUT2D eigenvalue weighted by Crippen LogP contribution is 2.20. The van der Waals surface area contributed by atoms with Crippen LogP contribution >= 0.6 is 0 Å². The predicted molar refractivity (Wildman–Crippen MR) is 51.4 cm³/mol. The first-order valence-electron chi connectivity index (χ1n) is 4.79. The van der Waals surface area contributed by atoms with Gasteiger partial charge in [0.2, 0.25) is 5.91 Å². The van der Waals surface area contributed by atoms with Gasteiger partial charge in [0.05, 0.1) is 25.5 Å². The van der Waals surface area contributed by atoms with Crippen LogP contribution in [0.4, 0.5) is 13.2 Å². The van der Waals surface area contributed by atoms with Crippen LogP contribution in [0.1, 0.15) is 19.8 Å². The highest BCUT2D eigenvalue weighted by molar-refractivity contribution is 5.77. The van der Waals surface area contributed by atoms with Gasteiger partial charge in [0.25, 0.3) is 0 Å². The van der Waals surface area contributed by atoms with Gasteiger partial charge >= 0.3 is 6.18 Å². The SMILES string of the molecule is CC(CC(F)(F)F)NCC(=O)NCCC#N. The average Bonchev–Trinajstić information content (AvgIpc) is 2.12. The molecule has 0 aliphatic carbocycles. The number of carbonyl (C=O) groups excluding carboxylic acids is 1. The van der Waals surface area contributed by atoms with Crippen molar-refractivity contribution in [3.05, 3.63) is 0 Å². The molecule has 0 saturated carbocycles. The Morgan fingerprint density at radius 2 is 2.12 bits per heavy atom. The molecule has 0 spiro atoms. The van der Waals surface area contributed by atoms with Crippen molar-refractivity contribution < 1.29 is 18.0 Å². The van der Waals surface area contributed by atoms with E-state index in [4.69, 9.17) is 5.26 Å². The number of hydrogen-bond acceptors (Lipinski definition) is 3. The van der Waals surface area contributed by atoms with Crippen LogP contribution in [0.2, 0.25) is 0 Å². The molecule has 0 bridgehead atoms. The lowest BCUT2D eigenvalue weighted by Crippen LogP contribution is -2.39. The fourth-order valence-electron chi connectivity index (χ4n) is 1.01. The van der Waals surface area contributed by atoms with Crippen molar-refractivity contribution in [1.29, 1.82) is 5.26 Å². The first-order valence-corrected chi connectivity index (χ1v) is 4.79. The number of hydrogen-bond donors (Lipinski definition) is 2. The summed E-state index contributed by atoms with van der Waals surface area (Å²) in [5, 5.41) is 13.0. The molecule has 0 radical (unpaired) electrons. The van der Waals surface area contributed by atoms with Crippen LogP contribution in [0.5, 0.6) is 0 Å². The Morgan fingerprint density at radius 3 is 2.62 bits per heavy atom. The van der Waals surface area contributed by atoms with Crippen LogP contribution in [-0.2, 0) is 4.79 Å². The molecule has 0 aliphatic heterocycles. The summed E-state index contributed by atoms with van der Waals surface area (Å²) >= 11 is 0. The Bertz CT molecular complexity index is 260. The molecule has 2 N–H and O–H groups in total. The van der Waals surface area contributed by atoms with Crippen LogP contribution in [0.15, 0.2) is 0 Å². The molecule has 92 valence electrons. The van der Waals surface area contributed by atoms with E-state index in [1.807, 2.05) is 6.07 Å². The summed E-state index contributed by atoms with van der Waals surface area (Å²) in [6.07, 6.45) is -5.02. The van der Waals surface area contributed by atoms with Gasteiger partial charge in [0.15, 0.2) is 0 Å². The molecule has 0 saturated heterocycles. The summed E-state index contributed by atoms with van der Waals surface area (Å²) in [6, 6.07) is 1.03. The number of nitriles is 1. The maximum absolute atomic E-state index is 11.9. The lowest BCUT2D eigenvalue weighted by Gasteiger charge is -2.15. The topological polar surface area (TPSA) is 64.9 Å². The van der Waals surface area contributed by atoms with E-state index in [1.54, 1.807) is 0 Å². The summed E-state index contributed by atoms with van der Waals surface area (Å²) in [7, 11) is 0. The lowest BCUT2D eigenvalue weighted by atomic mass is 10.2. The van der Waals surface area contributed by atoms with Crippen molar-refractivity contribution >= 4 is 5.91 Å². The molecule has 0 aromatic carbocycles. The van der Waals surface area contributed by atoms with Crippen molar-refractivity contribution in [2.24, 2.45) is 0 Å². The second-order valence-corrected chi connectivity index (χ2v) is 3.36. The van der Waals surface area contributed by atoms with Crippen LogP contribution in [0, 0.1) is 11.3 Å². The number of nitrogens with one attached hydrogen (secondary N) is 2. The number of rotatable bonds is 6. The largest absolute Gasteiger partial charge is 0.390 e. The Hall–Kier alpha value is -1.29. The van der Waals surface area contributed by atoms with Crippen LogP contribution in [0.25, 0.3) is 0 Å². The van der Waals surface area contributed by atoms with Gasteiger partial charge in [0, 0.05) is 12.6 Å². The standard InChI is InChI=1S/C9H14F3N3O/c1-7(5-9(10,11)12)15-6-8(16)14-4-2-3-13/h7,15H,2,4-6H2,1H3,(H,14,16). The van der Waals surface area contributed by atoms with E-state index < -0.39 is 24.5 Å². The molecule has 0 aliphatic rings. The van der Waals surface area contributed by atoms with Crippen molar-refractivity contribution in [3.63, 3.8) is 0 Å². The fraction of sp³-hybridized carbons (Fsp3) is 0.778. The summed E-state index contributed by atoms with van der Waals surface area (Å²) in [5.41, 5.74) is 0. The summed E-state index contributed by atoms with van der Waals surface area (Å²) < 4.78 is 35.7. The van der Waals surface area contributed by atoms with Crippen LogP contribution in [0.3, 0.4) is 0 Å². The second-order valence-electron chi connectivity index (χ2n) is 3.36. The van der Waals surface area contributed by atoms with Crippen LogP contribution < -0.4 is 10.6 Å². The second kappa shape index (κ2) is 7.06. The molecule has 1 unspecified atom stereocenters. The van der Waals surface area contributed by atoms with E-state index in [1.165, 1.54) is 6.92 Å². The van der Waals surface area contributed by atoms with Gasteiger partial charge < -0.3 is 10.6 Å².